The predicted molar refractivity (Wildman–Crippen MR) is 100.0 cm³/mol. The fourth-order valence-electron chi connectivity index (χ4n) is 3.19. The lowest BCUT2D eigenvalue weighted by atomic mass is 9.81. The van der Waals surface area contributed by atoms with Gasteiger partial charge in [-0.15, -0.1) is 11.3 Å². The summed E-state index contributed by atoms with van der Waals surface area (Å²) in [6.45, 7) is 1.83. The summed E-state index contributed by atoms with van der Waals surface area (Å²) in [5.74, 6) is 0.261. The number of hydrogen-bond acceptors (Lipinski definition) is 7. The van der Waals surface area contributed by atoms with Gasteiger partial charge >= 0.3 is 6.18 Å². The maximum absolute atomic E-state index is 13.0. The number of thiazole rings is 1. The largest absolute Gasteiger partial charge is 0.421 e. The van der Waals surface area contributed by atoms with E-state index in [-0.39, 0.29) is 17.8 Å². The molecule has 7 nitrogen and oxygen atoms in total. The normalized spacial score (nSPS) is 19.3. The number of nitrogens with one attached hydrogen (secondary N) is 2. The molecule has 148 valence electrons. The molecule has 0 saturated heterocycles. The molecule has 0 amide bonds. The van der Waals surface area contributed by atoms with Crippen LogP contribution in [0.5, 0.6) is 0 Å². The van der Waals surface area contributed by atoms with E-state index in [1.807, 2.05) is 29.4 Å². The zero-order chi connectivity index (χ0) is 19.9. The van der Waals surface area contributed by atoms with Gasteiger partial charge in [-0.1, -0.05) is 0 Å². The first-order chi connectivity index (χ1) is 13.3. The molecule has 4 rings (SSSR count). The molecule has 1 aliphatic carbocycles. The molecule has 0 aliphatic heterocycles. The van der Waals surface area contributed by atoms with Gasteiger partial charge < -0.3 is 10.6 Å². The standard InChI is InChI=1S/C17H18F3N7S/c1-9-13(24-16-23-7-12(17(18,19)20)14(21-2)25-16)8-27(26-9)11-5-10(6-11)15-22-3-4-28-15/h3-4,7-8,10-11H,5-6H2,1-2H3,(H2,21,23,24,25)/t10-,11+. The molecule has 28 heavy (non-hydrogen) atoms. The van der Waals surface area contributed by atoms with E-state index in [0.29, 0.717) is 11.6 Å². The quantitative estimate of drug-likeness (QED) is 0.652. The third-order valence-electron chi connectivity index (χ3n) is 4.78. The van der Waals surface area contributed by atoms with Gasteiger partial charge in [0.1, 0.15) is 11.4 Å². The summed E-state index contributed by atoms with van der Waals surface area (Å²) in [7, 11) is 1.39. The van der Waals surface area contributed by atoms with Gasteiger partial charge in [-0.3, -0.25) is 4.68 Å². The molecule has 0 bridgehead atoms. The Morgan fingerprint density at radius 2 is 2.04 bits per heavy atom. The van der Waals surface area contributed by atoms with Gasteiger partial charge in [0.2, 0.25) is 5.95 Å². The van der Waals surface area contributed by atoms with E-state index in [1.54, 1.807) is 11.3 Å². The van der Waals surface area contributed by atoms with Crippen molar-refractivity contribution >= 4 is 28.8 Å². The van der Waals surface area contributed by atoms with E-state index >= 15 is 0 Å². The summed E-state index contributed by atoms with van der Waals surface area (Å²) in [4.78, 5) is 12.1. The SMILES string of the molecule is CNc1nc(Nc2cn([C@H]3C[C@@H](c4nccs4)C3)nc2C)ncc1C(F)(F)F. The first kappa shape index (κ1) is 18.7. The van der Waals surface area contributed by atoms with Crippen LogP contribution in [0.25, 0.3) is 0 Å². The van der Waals surface area contributed by atoms with E-state index in [2.05, 4.69) is 30.7 Å². The summed E-state index contributed by atoms with van der Waals surface area (Å²) < 4.78 is 40.8. The Hall–Kier alpha value is -2.69. The van der Waals surface area contributed by atoms with Crippen molar-refractivity contribution in [1.29, 1.82) is 0 Å². The molecule has 3 heterocycles. The van der Waals surface area contributed by atoms with E-state index in [1.165, 1.54) is 7.05 Å². The number of hydrogen-bond donors (Lipinski definition) is 2. The third kappa shape index (κ3) is 3.53. The van der Waals surface area contributed by atoms with Crippen LogP contribution in [0.2, 0.25) is 0 Å². The zero-order valence-electron chi connectivity index (χ0n) is 15.2. The van der Waals surface area contributed by atoms with Crippen molar-refractivity contribution in [3.8, 4) is 0 Å². The van der Waals surface area contributed by atoms with Crippen LogP contribution in [0.15, 0.2) is 24.0 Å². The Morgan fingerprint density at radius 1 is 1.25 bits per heavy atom. The van der Waals surface area contributed by atoms with Crippen LogP contribution in [0, 0.1) is 6.92 Å². The number of alkyl halides is 3. The number of rotatable bonds is 5. The van der Waals surface area contributed by atoms with Crippen LogP contribution in [0.4, 0.5) is 30.6 Å². The molecule has 0 radical (unpaired) electrons. The fourth-order valence-corrected chi connectivity index (χ4v) is 3.96. The van der Waals surface area contributed by atoms with Crippen LogP contribution in [0.1, 0.15) is 41.1 Å². The Morgan fingerprint density at radius 3 is 2.68 bits per heavy atom. The first-order valence-corrected chi connectivity index (χ1v) is 9.57. The number of aromatic nitrogens is 5. The molecule has 11 heteroatoms. The van der Waals surface area contributed by atoms with Crippen molar-refractivity contribution in [2.45, 2.75) is 37.9 Å². The summed E-state index contributed by atoms with van der Waals surface area (Å²) in [6.07, 6.45) is 1.85. The molecule has 0 atom stereocenters. The van der Waals surface area contributed by atoms with E-state index < -0.39 is 11.7 Å². The van der Waals surface area contributed by atoms with Crippen LogP contribution in [-0.2, 0) is 6.18 Å². The van der Waals surface area contributed by atoms with Gasteiger partial charge in [0.15, 0.2) is 0 Å². The highest BCUT2D eigenvalue weighted by Gasteiger charge is 2.35. The molecular weight excluding hydrogens is 391 g/mol. The number of anilines is 3. The van der Waals surface area contributed by atoms with Crippen LogP contribution < -0.4 is 10.6 Å². The molecule has 0 spiro atoms. The monoisotopic (exact) mass is 409 g/mol. The van der Waals surface area contributed by atoms with Gasteiger partial charge in [-0.05, 0) is 19.8 Å². The summed E-state index contributed by atoms with van der Waals surface area (Å²) in [6, 6.07) is 0.282. The maximum Gasteiger partial charge on any atom is 0.421 e. The lowest BCUT2D eigenvalue weighted by Gasteiger charge is -2.34. The van der Waals surface area contributed by atoms with Crippen LogP contribution in [-0.4, -0.2) is 31.8 Å². The Labute approximate surface area is 163 Å². The first-order valence-electron chi connectivity index (χ1n) is 8.69. The summed E-state index contributed by atoms with van der Waals surface area (Å²) in [5.41, 5.74) is 0.488. The van der Waals surface area contributed by atoms with Crippen molar-refractivity contribution in [1.82, 2.24) is 24.7 Å². The van der Waals surface area contributed by atoms with Crippen molar-refractivity contribution in [3.63, 3.8) is 0 Å². The predicted octanol–water partition coefficient (Wildman–Crippen LogP) is 4.36. The smallest absolute Gasteiger partial charge is 0.372 e. The van der Waals surface area contributed by atoms with Gasteiger partial charge in [-0.25, -0.2) is 9.97 Å². The minimum atomic E-state index is -4.52. The summed E-state index contributed by atoms with van der Waals surface area (Å²) in [5, 5.41) is 13.1. The number of halogens is 3. The average Bonchev–Trinajstić information content (AvgIpc) is 3.23. The Balaban J connectivity index is 1.48. The third-order valence-corrected chi connectivity index (χ3v) is 5.72. The molecule has 1 fully saturated rings. The second-order valence-electron chi connectivity index (χ2n) is 6.63. The van der Waals surface area contributed by atoms with Crippen LogP contribution >= 0.6 is 11.3 Å². The fraction of sp³-hybridized carbons (Fsp3) is 0.412. The zero-order valence-corrected chi connectivity index (χ0v) is 16.0. The lowest BCUT2D eigenvalue weighted by molar-refractivity contribution is -0.137. The molecule has 3 aromatic rings. The number of nitrogens with zero attached hydrogens (tertiary/aromatic N) is 5. The molecule has 2 N–H and O–H groups in total. The maximum atomic E-state index is 13.0. The van der Waals surface area contributed by atoms with E-state index in [0.717, 1.165) is 29.7 Å². The molecule has 3 aromatic heterocycles. The lowest BCUT2D eigenvalue weighted by Crippen LogP contribution is -2.25. The van der Waals surface area contributed by atoms with Gasteiger partial charge in [0.25, 0.3) is 0 Å². The van der Waals surface area contributed by atoms with Crippen molar-refractivity contribution in [3.05, 3.63) is 40.2 Å². The highest BCUT2D eigenvalue weighted by Crippen LogP contribution is 2.45. The number of aryl methyl sites for hydroxylation is 1. The van der Waals surface area contributed by atoms with Crippen LogP contribution in [0.3, 0.4) is 0 Å². The van der Waals surface area contributed by atoms with Gasteiger partial charge in [0.05, 0.1) is 22.4 Å². The van der Waals surface area contributed by atoms with E-state index in [9.17, 15) is 13.2 Å². The van der Waals surface area contributed by atoms with Crippen molar-refractivity contribution in [2.75, 3.05) is 17.7 Å². The minimum absolute atomic E-state index is 0.0780. The average molecular weight is 409 g/mol. The molecule has 0 unspecified atom stereocenters. The van der Waals surface area contributed by atoms with Crippen molar-refractivity contribution < 1.29 is 13.2 Å². The molecule has 1 aliphatic rings. The molecule has 1 saturated carbocycles. The summed E-state index contributed by atoms with van der Waals surface area (Å²) >= 11 is 1.66. The minimum Gasteiger partial charge on any atom is -0.372 e. The molecule has 0 aromatic carbocycles. The Kier molecular flexibility index (Phi) is 4.69. The highest BCUT2D eigenvalue weighted by molar-refractivity contribution is 7.09. The van der Waals surface area contributed by atoms with Crippen molar-refractivity contribution in [2.24, 2.45) is 0 Å². The van der Waals surface area contributed by atoms with E-state index in [4.69, 9.17) is 0 Å². The van der Waals surface area contributed by atoms with Gasteiger partial charge in [0, 0.05) is 36.9 Å². The highest BCUT2D eigenvalue weighted by atomic mass is 32.1. The second-order valence-corrected chi connectivity index (χ2v) is 7.56. The van der Waals surface area contributed by atoms with Gasteiger partial charge in [-0.2, -0.15) is 23.3 Å². The topological polar surface area (TPSA) is 80.5 Å². The second kappa shape index (κ2) is 7.04. The Bertz CT molecular complexity index is 962. The molecular formula is C17H18F3N7S.